The van der Waals surface area contributed by atoms with Gasteiger partial charge in [0.15, 0.2) is 0 Å². The van der Waals surface area contributed by atoms with Crippen LogP contribution in [0.3, 0.4) is 0 Å². The number of carbonyl (C=O) groups excluding carboxylic acids is 1. The second-order valence-electron chi connectivity index (χ2n) is 5.18. The molecule has 9 heteroatoms. The normalized spacial score (nSPS) is 10.3. The number of halogens is 1. The summed E-state index contributed by atoms with van der Waals surface area (Å²) < 4.78 is 12.3. The van der Waals surface area contributed by atoms with E-state index in [4.69, 9.17) is 20.8 Å². The van der Waals surface area contributed by atoms with Crippen molar-refractivity contribution < 1.29 is 18.9 Å². The number of rotatable bonds is 4. The van der Waals surface area contributed by atoms with Gasteiger partial charge in [-0.1, -0.05) is 11.6 Å². The van der Waals surface area contributed by atoms with Gasteiger partial charge in [-0.05, 0) is 25.1 Å². The summed E-state index contributed by atoms with van der Waals surface area (Å²) in [5.41, 5.74) is -0.255. The molecule has 8 nitrogen and oxygen atoms in total. The topological polar surface area (TPSA) is 111 Å². The fourth-order valence-electron chi connectivity index (χ4n) is 2.37. The maximum Gasteiger partial charge on any atom is 0.348 e. The van der Waals surface area contributed by atoms with Gasteiger partial charge < -0.3 is 9.15 Å². The van der Waals surface area contributed by atoms with Gasteiger partial charge in [0.25, 0.3) is 5.69 Å². The lowest BCUT2D eigenvalue weighted by Gasteiger charge is -2.05. The summed E-state index contributed by atoms with van der Waals surface area (Å²) >= 11 is 5.93. The highest BCUT2D eigenvalue weighted by atomic mass is 35.5. The lowest BCUT2D eigenvalue weighted by Crippen LogP contribution is -2.11. The van der Waals surface area contributed by atoms with Crippen LogP contribution in [-0.4, -0.2) is 15.5 Å². The summed E-state index contributed by atoms with van der Waals surface area (Å²) in [5.74, 6) is -0.517. The molecule has 0 amide bonds. The minimum atomic E-state index is -0.850. The van der Waals surface area contributed by atoms with Crippen LogP contribution in [0, 0.1) is 28.4 Å². The predicted octanol–water partition coefficient (Wildman–Crippen LogP) is 4.03. The van der Waals surface area contributed by atoms with Gasteiger partial charge in [-0.15, -0.1) is 0 Å². The van der Waals surface area contributed by atoms with Crippen LogP contribution >= 0.6 is 11.6 Å². The Bertz CT molecular complexity index is 1050. The summed E-state index contributed by atoms with van der Waals surface area (Å²) in [5, 5.41) is 20.1. The Morgan fingerprint density at radius 3 is 2.65 bits per heavy atom. The molecule has 0 aliphatic rings. The summed E-state index contributed by atoms with van der Waals surface area (Å²) in [4.78, 5) is 22.7. The van der Waals surface area contributed by atoms with E-state index >= 15 is 0 Å². The van der Waals surface area contributed by atoms with Gasteiger partial charge in [-0.25, -0.2) is 4.79 Å². The van der Waals surface area contributed by atoms with E-state index in [1.807, 2.05) is 6.07 Å². The molecule has 0 atom stereocenters. The maximum atomic E-state index is 12.5. The van der Waals surface area contributed by atoms with Crippen LogP contribution in [0.2, 0.25) is 5.02 Å². The van der Waals surface area contributed by atoms with Crippen molar-refractivity contribution in [3.63, 3.8) is 0 Å². The van der Waals surface area contributed by atoms with Gasteiger partial charge in [0.2, 0.25) is 5.88 Å². The van der Waals surface area contributed by atoms with E-state index in [-0.39, 0.29) is 39.2 Å². The molecule has 0 N–H and O–H groups in total. The first-order chi connectivity index (χ1) is 12.4. The minimum absolute atomic E-state index is 0.0155. The van der Waals surface area contributed by atoms with E-state index in [9.17, 15) is 20.2 Å². The van der Waals surface area contributed by atoms with Gasteiger partial charge in [-0.2, -0.15) is 5.26 Å². The van der Waals surface area contributed by atoms with Crippen LogP contribution in [0.25, 0.3) is 5.88 Å². The molecule has 0 unspecified atom stereocenters. The Morgan fingerprint density at radius 2 is 2.08 bits per heavy atom. The lowest BCUT2D eigenvalue weighted by atomic mass is 10.1. The SMILES string of the molecule is Cc1oc(-n2cccc2)c(C#N)c1C(=O)Oc1ccc([N+](=O)[O-])cc1Cl. The standard InChI is InChI=1S/C17H10ClN3O5/c1-10-15(12(9-19)16(25-10)20-6-2-3-7-20)17(22)26-14-5-4-11(21(23)24)8-13(14)18/h2-8H,1H3. The Hall–Kier alpha value is -3.57. The number of esters is 1. The second kappa shape index (κ2) is 6.74. The molecule has 3 aromatic rings. The number of furan rings is 1. The highest BCUT2D eigenvalue weighted by molar-refractivity contribution is 6.32. The van der Waals surface area contributed by atoms with Gasteiger partial charge in [-0.3, -0.25) is 14.7 Å². The Labute approximate surface area is 151 Å². The van der Waals surface area contributed by atoms with Crippen molar-refractivity contribution in [3.8, 4) is 17.7 Å². The number of nitro benzene ring substituents is 1. The van der Waals surface area contributed by atoms with Gasteiger partial charge >= 0.3 is 5.97 Å². The monoisotopic (exact) mass is 371 g/mol. The zero-order valence-corrected chi connectivity index (χ0v) is 14.1. The van der Waals surface area contributed by atoms with Crippen LogP contribution in [0.1, 0.15) is 21.7 Å². The first-order valence-corrected chi connectivity index (χ1v) is 7.63. The largest absolute Gasteiger partial charge is 0.443 e. The van der Waals surface area contributed by atoms with Gasteiger partial charge in [0.05, 0.1) is 9.95 Å². The Morgan fingerprint density at radius 1 is 1.38 bits per heavy atom. The quantitative estimate of drug-likeness (QED) is 0.296. The number of hydrogen-bond donors (Lipinski definition) is 0. The van der Waals surface area contributed by atoms with Crippen molar-refractivity contribution in [2.45, 2.75) is 6.92 Å². The van der Waals surface area contributed by atoms with Crippen LogP contribution in [0.4, 0.5) is 5.69 Å². The molecule has 0 aliphatic carbocycles. The number of benzene rings is 1. The van der Waals surface area contributed by atoms with Crippen molar-refractivity contribution >= 4 is 23.3 Å². The number of hydrogen-bond acceptors (Lipinski definition) is 6. The highest BCUT2D eigenvalue weighted by Gasteiger charge is 2.27. The minimum Gasteiger partial charge on any atom is -0.443 e. The number of nitrogens with zero attached hydrogens (tertiary/aromatic N) is 3. The molecule has 1 aromatic carbocycles. The average Bonchev–Trinajstić information content (AvgIpc) is 3.23. The molecule has 0 radical (unpaired) electrons. The Kier molecular flexibility index (Phi) is 4.47. The third-order valence-electron chi connectivity index (χ3n) is 3.55. The van der Waals surface area contributed by atoms with E-state index in [1.54, 1.807) is 29.1 Å². The number of aromatic nitrogens is 1. The van der Waals surface area contributed by atoms with E-state index < -0.39 is 10.9 Å². The zero-order chi connectivity index (χ0) is 18.8. The predicted molar refractivity (Wildman–Crippen MR) is 90.6 cm³/mol. The molecule has 0 spiro atoms. The average molecular weight is 372 g/mol. The fourth-order valence-corrected chi connectivity index (χ4v) is 2.58. The lowest BCUT2D eigenvalue weighted by molar-refractivity contribution is -0.384. The number of carbonyl (C=O) groups is 1. The molecule has 2 aromatic heterocycles. The van der Waals surface area contributed by atoms with Crippen molar-refractivity contribution in [3.05, 3.63) is 74.7 Å². The third kappa shape index (κ3) is 3.03. The van der Waals surface area contributed by atoms with Crippen LogP contribution in [-0.2, 0) is 0 Å². The summed E-state index contributed by atoms with van der Waals surface area (Å²) in [6, 6.07) is 8.88. The summed E-state index contributed by atoms with van der Waals surface area (Å²) in [6.45, 7) is 1.53. The molecule has 0 fully saturated rings. The van der Waals surface area contributed by atoms with Crippen molar-refractivity contribution in [2.24, 2.45) is 0 Å². The van der Waals surface area contributed by atoms with Crippen molar-refractivity contribution in [1.82, 2.24) is 4.57 Å². The number of non-ortho nitro benzene ring substituents is 1. The molecule has 0 saturated heterocycles. The molecule has 130 valence electrons. The smallest absolute Gasteiger partial charge is 0.348 e. The molecule has 0 aliphatic heterocycles. The van der Waals surface area contributed by atoms with Crippen LogP contribution in [0.5, 0.6) is 5.75 Å². The molecular weight excluding hydrogens is 362 g/mol. The third-order valence-corrected chi connectivity index (χ3v) is 3.84. The van der Waals surface area contributed by atoms with E-state index in [0.29, 0.717) is 0 Å². The van der Waals surface area contributed by atoms with Crippen molar-refractivity contribution in [1.29, 1.82) is 5.26 Å². The first kappa shape index (κ1) is 17.3. The Balaban J connectivity index is 1.97. The van der Waals surface area contributed by atoms with Crippen LogP contribution in [0.15, 0.2) is 47.1 Å². The van der Waals surface area contributed by atoms with E-state index in [1.165, 1.54) is 13.0 Å². The van der Waals surface area contributed by atoms with Gasteiger partial charge in [0.1, 0.15) is 28.7 Å². The van der Waals surface area contributed by atoms with Crippen LogP contribution < -0.4 is 4.74 Å². The maximum absolute atomic E-state index is 12.5. The number of nitro groups is 1. The van der Waals surface area contributed by atoms with E-state index in [2.05, 4.69) is 0 Å². The molecule has 26 heavy (non-hydrogen) atoms. The van der Waals surface area contributed by atoms with E-state index in [0.717, 1.165) is 12.1 Å². The molecule has 2 heterocycles. The first-order valence-electron chi connectivity index (χ1n) is 7.25. The van der Waals surface area contributed by atoms with Gasteiger partial charge in [0, 0.05) is 24.5 Å². The second-order valence-corrected chi connectivity index (χ2v) is 5.58. The highest BCUT2D eigenvalue weighted by Crippen LogP contribution is 2.31. The molecule has 0 saturated carbocycles. The molecular formula is C17H10ClN3O5. The number of nitriles is 1. The number of ether oxygens (including phenoxy) is 1. The summed E-state index contributed by atoms with van der Waals surface area (Å²) in [7, 11) is 0. The summed E-state index contributed by atoms with van der Waals surface area (Å²) in [6.07, 6.45) is 3.34. The zero-order valence-electron chi connectivity index (χ0n) is 13.3. The van der Waals surface area contributed by atoms with Crippen molar-refractivity contribution in [2.75, 3.05) is 0 Å². The number of aryl methyl sites for hydroxylation is 1. The fraction of sp³-hybridized carbons (Fsp3) is 0.0588. The molecule has 0 bridgehead atoms. The molecule has 3 rings (SSSR count).